The standard InChI is InChI=1S/C14H26N2O4/c1-13-4-14(2)7-15(5-13)12(16(6-13)8-14)11(20)10(19)9(18)3-17/h9-12,17-20H,3-8H2,1-2H3/t9-,10-,11+,12?,13?,14?/m1/s1. The van der Waals surface area contributed by atoms with Crippen LogP contribution in [0.3, 0.4) is 0 Å². The van der Waals surface area contributed by atoms with Crippen molar-refractivity contribution >= 4 is 0 Å². The Morgan fingerprint density at radius 1 is 1.00 bits per heavy atom. The topological polar surface area (TPSA) is 87.4 Å². The average molecular weight is 286 g/mol. The molecule has 4 aliphatic rings. The predicted molar refractivity (Wildman–Crippen MR) is 72.9 cm³/mol. The summed E-state index contributed by atoms with van der Waals surface area (Å²) in [6.45, 7) is 7.70. The Morgan fingerprint density at radius 3 is 1.85 bits per heavy atom. The van der Waals surface area contributed by atoms with Crippen LogP contribution in [0.2, 0.25) is 0 Å². The lowest BCUT2D eigenvalue weighted by Crippen LogP contribution is -2.77. The number of nitrogens with zero attached hydrogens (tertiary/aromatic N) is 2. The van der Waals surface area contributed by atoms with E-state index < -0.39 is 24.9 Å². The van der Waals surface area contributed by atoms with E-state index in [4.69, 9.17) is 5.11 Å². The van der Waals surface area contributed by atoms with Crippen molar-refractivity contribution in [3.05, 3.63) is 0 Å². The van der Waals surface area contributed by atoms with Gasteiger partial charge in [0.1, 0.15) is 18.3 Å². The monoisotopic (exact) mass is 286 g/mol. The largest absolute Gasteiger partial charge is 0.394 e. The van der Waals surface area contributed by atoms with Gasteiger partial charge < -0.3 is 20.4 Å². The second-order valence-electron chi connectivity index (χ2n) is 7.75. The lowest BCUT2D eigenvalue weighted by Gasteiger charge is -2.67. The SMILES string of the molecule is CC12CN3CC(C)(CN(C1)C3[C@@H](O)[C@H](O)[C@H](O)CO)C2. The van der Waals surface area contributed by atoms with Crippen LogP contribution in [0.4, 0.5) is 0 Å². The molecule has 4 bridgehead atoms. The molecule has 0 spiro atoms. The highest BCUT2D eigenvalue weighted by Crippen LogP contribution is 2.51. The number of piperidine rings is 2. The van der Waals surface area contributed by atoms with Crippen molar-refractivity contribution < 1.29 is 20.4 Å². The first-order valence-corrected chi connectivity index (χ1v) is 7.40. The maximum absolute atomic E-state index is 10.4. The van der Waals surface area contributed by atoms with Gasteiger partial charge in [-0.2, -0.15) is 0 Å². The van der Waals surface area contributed by atoms with Gasteiger partial charge in [-0.1, -0.05) is 13.8 Å². The van der Waals surface area contributed by atoms with Gasteiger partial charge in [0, 0.05) is 26.2 Å². The van der Waals surface area contributed by atoms with Crippen molar-refractivity contribution in [2.75, 3.05) is 32.8 Å². The molecular formula is C14H26N2O4. The van der Waals surface area contributed by atoms with E-state index in [0.717, 1.165) is 26.2 Å². The van der Waals surface area contributed by atoms with Crippen LogP contribution in [0.15, 0.2) is 0 Å². The minimum absolute atomic E-state index is 0.252. The number of hydrogen-bond acceptors (Lipinski definition) is 6. The molecule has 3 atom stereocenters. The number of aliphatic hydroxyl groups is 4. The minimum atomic E-state index is -1.32. The van der Waals surface area contributed by atoms with Gasteiger partial charge in [0.25, 0.3) is 0 Å². The van der Waals surface area contributed by atoms with E-state index in [-0.39, 0.29) is 17.0 Å². The summed E-state index contributed by atoms with van der Waals surface area (Å²) in [7, 11) is 0. The molecule has 4 N–H and O–H groups in total. The van der Waals surface area contributed by atoms with Gasteiger partial charge in [0.05, 0.1) is 12.8 Å². The Kier molecular flexibility index (Phi) is 3.40. The molecule has 6 heteroatoms. The molecule has 116 valence electrons. The molecule has 0 saturated carbocycles. The van der Waals surface area contributed by atoms with Crippen LogP contribution in [0.25, 0.3) is 0 Å². The highest BCUT2D eigenvalue weighted by molar-refractivity contribution is 5.09. The highest BCUT2D eigenvalue weighted by Gasteiger charge is 2.58. The predicted octanol–water partition coefficient (Wildman–Crippen LogP) is -1.56. The van der Waals surface area contributed by atoms with E-state index in [9.17, 15) is 15.3 Å². The summed E-state index contributed by atoms with van der Waals surface area (Å²) in [5.74, 6) is 0. The zero-order valence-corrected chi connectivity index (χ0v) is 12.2. The number of aliphatic hydroxyl groups excluding tert-OH is 4. The van der Waals surface area contributed by atoms with E-state index in [0.29, 0.717) is 0 Å². The number of rotatable bonds is 4. The molecule has 4 saturated heterocycles. The molecule has 0 radical (unpaired) electrons. The van der Waals surface area contributed by atoms with Gasteiger partial charge in [0.2, 0.25) is 0 Å². The molecule has 0 aromatic rings. The van der Waals surface area contributed by atoms with Gasteiger partial charge >= 0.3 is 0 Å². The summed E-state index contributed by atoms with van der Waals surface area (Å²) in [4.78, 5) is 4.46. The Hall–Kier alpha value is -0.240. The fraction of sp³-hybridized carbons (Fsp3) is 1.00. The third-order valence-corrected chi connectivity index (χ3v) is 5.18. The second kappa shape index (κ2) is 4.63. The smallest absolute Gasteiger partial charge is 0.111 e. The Labute approximate surface area is 119 Å². The molecule has 20 heavy (non-hydrogen) atoms. The summed E-state index contributed by atoms with van der Waals surface area (Å²) in [5, 5.41) is 38.9. The first kappa shape index (κ1) is 14.7. The lowest BCUT2D eigenvalue weighted by atomic mass is 9.63. The van der Waals surface area contributed by atoms with Crippen molar-refractivity contribution in [2.24, 2.45) is 10.8 Å². The molecule has 4 heterocycles. The quantitative estimate of drug-likeness (QED) is 0.500. The number of hydrogen-bond donors (Lipinski definition) is 4. The third-order valence-electron chi connectivity index (χ3n) is 5.18. The average Bonchev–Trinajstić information content (AvgIpc) is 2.32. The Morgan fingerprint density at radius 2 is 1.45 bits per heavy atom. The molecule has 4 rings (SSSR count). The van der Waals surface area contributed by atoms with E-state index in [1.165, 1.54) is 6.42 Å². The van der Waals surface area contributed by atoms with Crippen LogP contribution in [0.1, 0.15) is 20.3 Å². The molecule has 0 unspecified atom stereocenters. The zero-order chi connectivity index (χ0) is 14.7. The van der Waals surface area contributed by atoms with Gasteiger partial charge in [0.15, 0.2) is 0 Å². The normalized spacial score (nSPS) is 51.0. The Bertz CT molecular complexity index is 355. The van der Waals surface area contributed by atoms with Gasteiger partial charge in [-0.3, -0.25) is 9.80 Å². The van der Waals surface area contributed by atoms with E-state index >= 15 is 0 Å². The fourth-order valence-electron chi connectivity index (χ4n) is 4.98. The second-order valence-corrected chi connectivity index (χ2v) is 7.75. The summed E-state index contributed by atoms with van der Waals surface area (Å²) >= 11 is 0. The van der Waals surface area contributed by atoms with Gasteiger partial charge in [-0.15, -0.1) is 0 Å². The van der Waals surface area contributed by atoms with Crippen LogP contribution in [-0.2, 0) is 0 Å². The minimum Gasteiger partial charge on any atom is -0.394 e. The highest BCUT2D eigenvalue weighted by atomic mass is 16.4. The molecule has 6 nitrogen and oxygen atoms in total. The van der Waals surface area contributed by atoms with Crippen molar-refractivity contribution in [1.82, 2.24) is 9.80 Å². The molecule has 4 fully saturated rings. The van der Waals surface area contributed by atoms with Gasteiger partial charge in [-0.25, -0.2) is 0 Å². The molecule has 0 aliphatic carbocycles. The van der Waals surface area contributed by atoms with Crippen LogP contribution in [0.5, 0.6) is 0 Å². The van der Waals surface area contributed by atoms with Crippen LogP contribution in [0, 0.1) is 10.8 Å². The van der Waals surface area contributed by atoms with E-state index in [1.807, 2.05) is 0 Å². The van der Waals surface area contributed by atoms with Crippen LogP contribution >= 0.6 is 0 Å². The van der Waals surface area contributed by atoms with Crippen LogP contribution < -0.4 is 0 Å². The Balaban J connectivity index is 1.80. The maximum atomic E-state index is 10.4. The molecule has 0 amide bonds. The van der Waals surface area contributed by atoms with Crippen molar-refractivity contribution in [1.29, 1.82) is 0 Å². The van der Waals surface area contributed by atoms with Crippen molar-refractivity contribution in [2.45, 2.75) is 44.7 Å². The molecule has 0 aromatic carbocycles. The molecule has 4 aliphatic heterocycles. The first-order chi connectivity index (χ1) is 9.27. The summed E-state index contributed by atoms with van der Waals surface area (Å²) in [6, 6.07) is 0. The summed E-state index contributed by atoms with van der Waals surface area (Å²) in [6.07, 6.45) is -2.73. The van der Waals surface area contributed by atoms with Gasteiger partial charge in [-0.05, 0) is 17.3 Å². The summed E-state index contributed by atoms with van der Waals surface area (Å²) in [5.41, 5.74) is 0.504. The van der Waals surface area contributed by atoms with E-state index in [2.05, 4.69) is 23.6 Å². The maximum Gasteiger partial charge on any atom is 0.111 e. The first-order valence-electron chi connectivity index (χ1n) is 7.40. The van der Waals surface area contributed by atoms with Crippen molar-refractivity contribution in [3.8, 4) is 0 Å². The lowest BCUT2D eigenvalue weighted by molar-refractivity contribution is -0.235. The fourth-order valence-corrected chi connectivity index (χ4v) is 4.98. The molecule has 0 aromatic heterocycles. The van der Waals surface area contributed by atoms with Crippen molar-refractivity contribution in [3.63, 3.8) is 0 Å². The van der Waals surface area contributed by atoms with E-state index in [1.54, 1.807) is 0 Å². The van der Waals surface area contributed by atoms with Crippen LogP contribution in [-0.4, -0.2) is 87.5 Å². The third kappa shape index (κ3) is 2.19. The zero-order valence-electron chi connectivity index (χ0n) is 12.2. The molecular weight excluding hydrogens is 260 g/mol. The summed E-state index contributed by atoms with van der Waals surface area (Å²) < 4.78 is 0.